The molecule has 3 aromatic rings. The fourth-order valence-electron chi connectivity index (χ4n) is 4.75. The van der Waals surface area contributed by atoms with Crippen LogP contribution in [0.25, 0.3) is 10.8 Å². The van der Waals surface area contributed by atoms with Crippen molar-refractivity contribution in [1.82, 2.24) is 4.90 Å². The van der Waals surface area contributed by atoms with Crippen molar-refractivity contribution in [3.8, 4) is 0 Å². The summed E-state index contributed by atoms with van der Waals surface area (Å²) in [4.78, 5) is 55.4. The quantitative estimate of drug-likeness (QED) is 0.626. The van der Waals surface area contributed by atoms with Gasteiger partial charge in [0.1, 0.15) is 0 Å². The fraction of sp³-hybridized carbons (Fsp3) is 0.231. The van der Waals surface area contributed by atoms with Crippen LogP contribution in [0.5, 0.6) is 0 Å². The summed E-state index contributed by atoms with van der Waals surface area (Å²) in [7, 11) is 0. The third-order valence-electron chi connectivity index (χ3n) is 6.26. The number of amides is 4. The molecule has 0 saturated heterocycles. The molecule has 33 heavy (non-hydrogen) atoms. The first-order valence-electron chi connectivity index (χ1n) is 10.7. The summed E-state index contributed by atoms with van der Waals surface area (Å²) in [6, 6.07) is 13.4. The summed E-state index contributed by atoms with van der Waals surface area (Å²) < 4.78 is 0. The molecule has 7 nitrogen and oxygen atoms in total. The average molecular weight is 442 g/mol. The second-order valence-electron chi connectivity index (χ2n) is 9.27. The Hall–Kier alpha value is -3.84. The first-order chi connectivity index (χ1) is 15.7. The Labute approximate surface area is 190 Å². The molecule has 0 saturated carbocycles. The third-order valence-corrected chi connectivity index (χ3v) is 6.26. The SMILES string of the molecule is CC(C)(C)c1ccccc1N1C(=O)c2ccc3c4c(ccc(c24)C1=O)C(=O)N(CCO)C3=O. The van der Waals surface area contributed by atoms with Crippen LogP contribution in [-0.4, -0.2) is 46.8 Å². The van der Waals surface area contributed by atoms with Crippen molar-refractivity contribution in [3.05, 3.63) is 76.3 Å². The fourth-order valence-corrected chi connectivity index (χ4v) is 4.75. The van der Waals surface area contributed by atoms with Gasteiger partial charge < -0.3 is 5.11 Å². The van der Waals surface area contributed by atoms with E-state index < -0.39 is 23.6 Å². The number of aliphatic hydroxyl groups excluding tert-OH is 1. The topological polar surface area (TPSA) is 95.0 Å². The summed E-state index contributed by atoms with van der Waals surface area (Å²) in [6.45, 7) is 5.56. The molecule has 4 amide bonds. The lowest BCUT2D eigenvalue weighted by Crippen LogP contribution is -2.44. The zero-order valence-electron chi connectivity index (χ0n) is 18.5. The maximum absolute atomic E-state index is 13.6. The molecule has 0 atom stereocenters. The van der Waals surface area contributed by atoms with Crippen LogP contribution in [0.3, 0.4) is 0 Å². The van der Waals surface area contributed by atoms with Gasteiger partial charge in [-0.2, -0.15) is 0 Å². The predicted octanol–water partition coefficient (Wildman–Crippen LogP) is 3.53. The van der Waals surface area contributed by atoms with Crippen molar-refractivity contribution in [3.63, 3.8) is 0 Å². The van der Waals surface area contributed by atoms with Crippen LogP contribution >= 0.6 is 0 Å². The third kappa shape index (κ3) is 2.85. The van der Waals surface area contributed by atoms with Gasteiger partial charge >= 0.3 is 0 Å². The minimum Gasteiger partial charge on any atom is -0.395 e. The van der Waals surface area contributed by atoms with Crippen LogP contribution in [0.4, 0.5) is 5.69 Å². The number of β-amino-alcohol motifs (C(OH)–C–C–N with tert-alkyl or cyclic N) is 1. The summed E-state index contributed by atoms with van der Waals surface area (Å²) in [5, 5.41) is 9.92. The van der Waals surface area contributed by atoms with Gasteiger partial charge in [-0.3, -0.25) is 24.1 Å². The van der Waals surface area contributed by atoms with E-state index in [0.717, 1.165) is 10.5 Å². The molecule has 166 valence electrons. The molecule has 0 radical (unpaired) electrons. The highest BCUT2D eigenvalue weighted by atomic mass is 16.3. The van der Waals surface area contributed by atoms with Crippen LogP contribution < -0.4 is 4.90 Å². The van der Waals surface area contributed by atoms with E-state index in [1.54, 1.807) is 12.1 Å². The number of rotatable bonds is 3. The number of hydrogen-bond acceptors (Lipinski definition) is 5. The highest BCUT2D eigenvalue weighted by Crippen LogP contribution is 2.41. The second-order valence-corrected chi connectivity index (χ2v) is 9.27. The molecule has 2 aliphatic rings. The second kappa shape index (κ2) is 7.08. The number of aliphatic hydroxyl groups is 1. The lowest BCUT2D eigenvalue weighted by atomic mass is 9.83. The molecule has 7 heteroatoms. The van der Waals surface area contributed by atoms with Gasteiger partial charge in [0, 0.05) is 33.0 Å². The zero-order valence-corrected chi connectivity index (χ0v) is 18.5. The minimum absolute atomic E-state index is 0.128. The normalized spacial score (nSPS) is 15.6. The number of para-hydroxylation sites is 1. The van der Waals surface area contributed by atoms with E-state index in [9.17, 15) is 24.3 Å². The van der Waals surface area contributed by atoms with Crippen LogP contribution in [0.2, 0.25) is 0 Å². The zero-order chi connectivity index (χ0) is 23.7. The van der Waals surface area contributed by atoms with E-state index in [2.05, 4.69) is 0 Å². The van der Waals surface area contributed by atoms with Crippen molar-refractivity contribution in [2.24, 2.45) is 0 Å². The Kier molecular flexibility index (Phi) is 4.51. The van der Waals surface area contributed by atoms with Crippen molar-refractivity contribution in [1.29, 1.82) is 0 Å². The number of benzene rings is 3. The number of anilines is 1. The smallest absolute Gasteiger partial charge is 0.265 e. The summed E-state index contributed by atoms with van der Waals surface area (Å²) in [5.41, 5.74) is 2.07. The molecule has 5 rings (SSSR count). The van der Waals surface area contributed by atoms with Crippen LogP contribution in [0, 0.1) is 0 Å². The maximum atomic E-state index is 13.6. The van der Waals surface area contributed by atoms with E-state index in [-0.39, 0.29) is 40.8 Å². The van der Waals surface area contributed by atoms with Crippen LogP contribution in [0.1, 0.15) is 67.8 Å². The van der Waals surface area contributed by atoms with Gasteiger partial charge in [-0.05, 0) is 41.3 Å². The first-order valence-corrected chi connectivity index (χ1v) is 10.7. The first kappa shape index (κ1) is 21.0. The highest BCUT2D eigenvalue weighted by Gasteiger charge is 2.41. The summed E-state index contributed by atoms with van der Waals surface area (Å²) >= 11 is 0. The van der Waals surface area contributed by atoms with Crippen LogP contribution in [-0.2, 0) is 5.41 Å². The monoisotopic (exact) mass is 442 g/mol. The van der Waals surface area contributed by atoms with Crippen molar-refractivity contribution < 1.29 is 24.3 Å². The number of nitrogens with zero attached hydrogens (tertiary/aromatic N) is 2. The van der Waals surface area contributed by atoms with Gasteiger partial charge in [-0.15, -0.1) is 0 Å². The number of carbonyl (C=O) groups excluding carboxylic acids is 4. The Bertz CT molecular complexity index is 1330. The van der Waals surface area contributed by atoms with Gasteiger partial charge in [-0.25, -0.2) is 4.90 Å². The Morgan fingerprint density at radius 3 is 1.61 bits per heavy atom. The standard InChI is InChI=1S/C26H22N2O5/c1-26(2,3)18-6-4-5-7-19(18)28-24(32)16-10-8-14-20-15(9-11-17(21(16)20)25(28)33)23(31)27(12-13-29)22(14)30/h4-11,29H,12-13H2,1-3H3. The van der Waals surface area contributed by atoms with E-state index in [1.807, 2.05) is 32.9 Å². The van der Waals surface area contributed by atoms with E-state index in [1.165, 1.54) is 29.2 Å². The van der Waals surface area contributed by atoms with Crippen molar-refractivity contribution in [2.75, 3.05) is 18.1 Å². The molecule has 1 N–H and O–H groups in total. The van der Waals surface area contributed by atoms with Gasteiger partial charge in [0.15, 0.2) is 0 Å². The van der Waals surface area contributed by atoms with E-state index in [0.29, 0.717) is 16.5 Å². The molecule has 2 heterocycles. The van der Waals surface area contributed by atoms with Gasteiger partial charge in [0.25, 0.3) is 23.6 Å². The molecule has 0 spiro atoms. The number of hydrogen-bond donors (Lipinski definition) is 1. The molecule has 0 aromatic heterocycles. The van der Waals surface area contributed by atoms with Gasteiger partial charge in [0.2, 0.25) is 0 Å². The number of carbonyl (C=O) groups is 4. The molecule has 0 fully saturated rings. The van der Waals surface area contributed by atoms with Crippen molar-refractivity contribution >= 4 is 40.1 Å². The van der Waals surface area contributed by atoms with Crippen LogP contribution in [0.15, 0.2) is 48.5 Å². The lowest BCUT2D eigenvalue weighted by Gasteiger charge is -2.34. The predicted molar refractivity (Wildman–Crippen MR) is 123 cm³/mol. The Morgan fingerprint density at radius 1 is 0.697 bits per heavy atom. The largest absolute Gasteiger partial charge is 0.395 e. The average Bonchev–Trinajstić information content (AvgIpc) is 2.78. The molecule has 0 unspecified atom stereocenters. The Morgan fingerprint density at radius 2 is 1.15 bits per heavy atom. The molecule has 0 aliphatic carbocycles. The molecular formula is C26H22N2O5. The summed E-state index contributed by atoms with van der Waals surface area (Å²) in [5.74, 6) is -2.09. The molecular weight excluding hydrogens is 420 g/mol. The van der Waals surface area contributed by atoms with E-state index >= 15 is 0 Å². The van der Waals surface area contributed by atoms with Gasteiger partial charge in [-0.1, -0.05) is 39.0 Å². The van der Waals surface area contributed by atoms with Gasteiger partial charge in [0.05, 0.1) is 18.8 Å². The number of imide groups is 2. The lowest BCUT2D eigenvalue weighted by molar-refractivity contribution is 0.0579. The Balaban J connectivity index is 1.75. The summed E-state index contributed by atoms with van der Waals surface area (Å²) in [6.07, 6.45) is 0. The minimum atomic E-state index is -0.550. The molecule has 2 aliphatic heterocycles. The van der Waals surface area contributed by atoms with Crippen molar-refractivity contribution in [2.45, 2.75) is 26.2 Å². The maximum Gasteiger partial charge on any atom is 0.265 e. The highest BCUT2D eigenvalue weighted by molar-refractivity contribution is 6.39. The van der Waals surface area contributed by atoms with E-state index in [4.69, 9.17) is 0 Å². The molecule has 3 aromatic carbocycles. The molecule has 0 bridgehead atoms.